The Bertz CT molecular complexity index is 367. The Kier molecular flexibility index (Phi) is 1.36. The van der Waals surface area contributed by atoms with Gasteiger partial charge in [-0.15, -0.1) is 0 Å². The monoisotopic (exact) mass is 148 g/mol. The number of para-hydroxylation sites is 1. The Morgan fingerprint density at radius 1 is 1.45 bits per heavy atom. The second kappa shape index (κ2) is 2.36. The van der Waals surface area contributed by atoms with Gasteiger partial charge in [0.05, 0.1) is 18.3 Å². The van der Waals surface area contributed by atoms with Crippen LogP contribution in [-0.4, -0.2) is 15.3 Å². The van der Waals surface area contributed by atoms with E-state index in [0.717, 1.165) is 16.5 Å². The van der Waals surface area contributed by atoms with Crippen molar-refractivity contribution in [3.05, 3.63) is 30.0 Å². The van der Waals surface area contributed by atoms with Crippen molar-refractivity contribution in [2.24, 2.45) is 0 Å². The molecular formula is C8H8N2O. The molecule has 2 aromatic rings. The van der Waals surface area contributed by atoms with E-state index >= 15 is 0 Å². The fourth-order valence-corrected chi connectivity index (χ4v) is 1.16. The van der Waals surface area contributed by atoms with E-state index in [1.54, 1.807) is 6.20 Å². The number of nitrogens with one attached hydrogen (secondary N) is 1. The number of aliphatic hydroxyl groups excluding tert-OH is 1. The van der Waals surface area contributed by atoms with Gasteiger partial charge in [0.1, 0.15) is 0 Å². The quantitative estimate of drug-likeness (QED) is 0.635. The molecule has 1 aromatic heterocycles. The van der Waals surface area contributed by atoms with E-state index in [9.17, 15) is 0 Å². The average Bonchev–Trinajstić information content (AvgIpc) is 2.50. The molecule has 1 heterocycles. The highest BCUT2D eigenvalue weighted by atomic mass is 16.3. The van der Waals surface area contributed by atoms with Gasteiger partial charge in [0.2, 0.25) is 0 Å². The number of nitrogens with zero attached hydrogens (tertiary/aromatic N) is 1. The zero-order chi connectivity index (χ0) is 7.68. The van der Waals surface area contributed by atoms with Gasteiger partial charge in [-0.2, -0.15) is 5.10 Å². The van der Waals surface area contributed by atoms with Gasteiger partial charge < -0.3 is 5.11 Å². The molecule has 0 spiro atoms. The number of H-pyrrole nitrogens is 1. The summed E-state index contributed by atoms with van der Waals surface area (Å²) in [5, 5.41) is 16.6. The molecule has 3 heteroatoms. The summed E-state index contributed by atoms with van der Waals surface area (Å²) >= 11 is 0. The molecule has 2 N–H and O–H groups in total. The van der Waals surface area contributed by atoms with Crippen molar-refractivity contribution < 1.29 is 5.11 Å². The van der Waals surface area contributed by atoms with E-state index in [0.29, 0.717) is 0 Å². The van der Waals surface area contributed by atoms with Gasteiger partial charge in [-0.05, 0) is 0 Å². The average molecular weight is 148 g/mol. The van der Waals surface area contributed by atoms with E-state index in [1.165, 1.54) is 0 Å². The maximum absolute atomic E-state index is 8.91. The van der Waals surface area contributed by atoms with Gasteiger partial charge in [0, 0.05) is 10.9 Å². The van der Waals surface area contributed by atoms with E-state index in [1.807, 2.05) is 18.2 Å². The molecule has 1 aromatic carbocycles. The minimum Gasteiger partial charge on any atom is -0.392 e. The van der Waals surface area contributed by atoms with Gasteiger partial charge in [0.25, 0.3) is 0 Å². The Balaban J connectivity index is 2.79. The molecule has 0 saturated heterocycles. The van der Waals surface area contributed by atoms with E-state index in [2.05, 4.69) is 10.2 Å². The lowest BCUT2D eigenvalue weighted by atomic mass is 10.2. The first-order chi connectivity index (χ1) is 5.42. The van der Waals surface area contributed by atoms with Crippen LogP contribution in [0.4, 0.5) is 0 Å². The smallest absolute Gasteiger partial charge is 0.0705 e. The lowest BCUT2D eigenvalue weighted by molar-refractivity contribution is 0.283. The second-order valence-electron chi connectivity index (χ2n) is 2.41. The minimum absolute atomic E-state index is 0.0551. The fourth-order valence-electron chi connectivity index (χ4n) is 1.16. The normalized spacial score (nSPS) is 10.6. The van der Waals surface area contributed by atoms with Crippen molar-refractivity contribution in [2.75, 3.05) is 0 Å². The number of benzene rings is 1. The van der Waals surface area contributed by atoms with Crippen LogP contribution in [0.3, 0.4) is 0 Å². The molecule has 0 amide bonds. The van der Waals surface area contributed by atoms with Crippen LogP contribution < -0.4 is 0 Å². The number of rotatable bonds is 1. The maximum Gasteiger partial charge on any atom is 0.0705 e. The van der Waals surface area contributed by atoms with Crippen LogP contribution in [0.25, 0.3) is 10.9 Å². The van der Waals surface area contributed by atoms with Crippen LogP contribution in [0.15, 0.2) is 24.4 Å². The third kappa shape index (κ3) is 0.897. The molecule has 2 rings (SSSR count). The molecule has 0 fully saturated rings. The number of hydrogen-bond acceptors (Lipinski definition) is 2. The van der Waals surface area contributed by atoms with Gasteiger partial charge in [0.15, 0.2) is 0 Å². The molecule has 0 atom stereocenters. The lowest BCUT2D eigenvalue weighted by Gasteiger charge is -1.95. The Labute approximate surface area is 63.7 Å². The summed E-state index contributed by atoms with van der Waals surface area (Å²) in [7, 11) is 0. The second-order valence-corrected chi connectivity index (χ2v) is 2.41. The molecule has 0 aliphatic heterocycles. The molecule has 0 unspecified atom stereocenters. The molecule has 56 valence electrons. The Morgan fingerprint density at radius 3 is 3.18 bits per heavy atom. The van der Waals surface area contributed by atoms with Crippen molar-refractivity contribution in [1.29, 1.82) is 0 Å². The van der Waals surface area contributed by atoms with Gasteiger partial charge in [-0.3, -0.25) is 5.10 Å². The highest BCUT2D eigenvalue weighted by molar-refractivity contribution is 5.80. The van der Waals surface area contributed by atoms with Crippen LogP contribution in [0, 0.1) is 0 Å². The minimum atomic E-state index is 0.0551. The van der Waals surface area contributed by atoms with E-state index < -0.39 is 0 Å². The molecule has 0 aliphatic rings. The summed E-state index contributed by atoms with van der Waals surface area (Å²) in [5.41, 5.74) is 1.81. The number of aromatic nitrogens is 2. The van der Waals surface area contributed by atoms with Crippen molar-refractivity contribution >= 4 is 10.9 Å². The summed E-state index contributed by atoms with van der Waals surface area (Å²) in [6, 6.07) is 5.74. The van der Waals surface area contributed by atoms with Crippen molar-refractivity contribution in [3.8, 4) is 0 Å². The van der Waals surface area contributed by atoms with Crippen LogP contribution in [0.1, 0.15) is 5.56 Å². The maximum atomic E-state index is 8.91. The predicted octanol–water partition coefficient (Wildman–Crippen LogP) is 1.06. The first kappa shape index (κ1) is 6.37. The highest BCUT2D eigenvalue weighted by Crippen LogP contribution is 2.14. The fraction of sp³-hybridized carbons (Fsp3) is 0.125. The molecular weight excluding hydrogens is 140 g/mol. The molecule has 0 saturated carbocycles. The van der Waals surface area contributed by atoms with Crippen LogP contribution >= 0.6 is 0 Å². The van der Waals surface area contributed by atoms with Gasteiger partial charge in [-0.25, -0.2) is 0 Å². The molecule has 0 bridgehead atoms. The summed E-state index contributed by atoms with van der Waals surface area (Å²) in [4.78, 5) is 0. The SMILES string of the molecule is OCc1cccc2cn[nH]c12. The van der Waals surface area contributed by atoms with E-state index in [4.69, 9.17) is 5.11 Å². The zero-order valence-electron chi connectivity index (χ0n) is 5.91. The van der Waals surface area contributed by atoms with E-state index in [-0.39, 0.29) is 6.61 Å². The van der Waals surface area contributed by atoms with Crippen molar-refractivity contribution in [1.82, 2.24) is 10.2 Å². The Morgan fingerprint density at radius 2 is 2.36 bits per heavy atom. The summed E-state index contributed by atoms with van der Waals surface area (Å²) in [5.74, 6) is 0. The largest absolute Gasteiger partial charge is 0.392 e. The van der Waals surface area contributed by atoms with Gasteiger partial charge in [-0.1, -0.05) is 18.2 Å². The zero-order valence-corrected chi connectivity index (χ0v) is 5.91. The lowest BCUT2D eigenvalue weighted by Crippen LogP contribution is -1.83. The first-order valence-corrected chi connectivity index (χ1v) is 3.43. The summed E-state index contributed by atoms with van der Waals surface area (Å²) in [6.45, 7) is 0.0551. The molecule has 0 radical (unpaired) electrons. The topological polar surface area (TPSA) is 48.9 Å². The van der Waals surface area contributed by atoms with Crippen LogP contribution in [0.2, 0.25) is 0 Å². The number of fused-ring (bicyclic) bond motifs is 1. The number of aromatic amines is 1. The van der Waals surface area contributed by atoms with Crippen molar-refractivity contribution in [3.63, 3.8) is 0 Å². The standard InChI is InChI=1S/C8H8N2O/c11-5-7-3-1-2-6-4-9-10-8(6)7/h1-4,11H,5H2,(H,9,10). The first-order valence-electron chi connectivity index (χ1n) is 3.43. The highest BCUT2D eigenvalue weighted by Gasteiger charge is 1.99. The van der Waals surface area contributed by atoms with Gasteiger partial charge >= 0.3 is 0 Å². The third-order valence-electron chi connectivity index (χ3n) is 1.73. The van der Waals surface area contributed by atoms with Crippen molar-refractivity contribution in [2.45, 2.75) is 6.61 Å². The number of hydrogen-bond donors (Lipinski definition) is 2. The summed E-state index contributed by atoms with van der Waals surface area (Å²) in [6.07, 6.45) is 1.74. The van der Waals surface area contributed by atoms with Crippen LogP contribution in [0.5, 0.6) is 0 Å². The summed E-state index contributed by atoms with van der Waals surface area (Å²) < 4.78 is 0. The number of aliphatic hydroxyl groups is 1. The molecule has 3 nitrogen and oxygen atoms in total. The Hall–Kier alpha value is -1.35. The third-order valence-corrected chi connectivity index (χ3v) is 1.73. The molecule has 0 aliphatic carbocycles. The molecule has 11 heavy (non-hydrogen) atoms. The van der Waals surface area contributed by atoms with Crippen LogP contribution in [-0.2, 0) is 6.61 Å². The predicted molar refractivity (Wildman–Crippen MR) is 42.0 cm³/mol.